The average Bonchev–Trinajstić information content (AvgIpc) is 3.00. The van der Waals surface area contributed by atoms with Crippen LogP contribution in [0, 0.1) is 0 Å². The van der Waals surface area contributed by atoms with Crippen LogP contribution in [-0.2, 0) is 0 Å². The predicted molar refractivity (Wildman–Crippen MR) is 94.1 cm³/mol. The van der Waals surface area contributed by atoms with Crippen LogP contribution in [0.25, 0.3) is 15.9 Å². The van der Waals surface area contributed by atoms with E-state index in [1.807, 2.05) is 13.8 Å². The smallest absolute Gasteiger partial charge is 0.275 e. The molecule has 1 aromatic carbocycles. The monoisotopic (exact) mass is 343 g/mol. The molecule has 0 spiro atoms. The number of rotatable bonds is 3. The molecule has 0 radical (unpaired) electrons. The van der Waals surface area contributed by atoms with E-state index < -0.39 is 0 Å². The van der Waals surface area contributed by atoms with E-state index in [0.717, 1.165) is 11.3 Å². The fourth-order valence-corrected chi connectivity index (χ4v) is 3.25. The molecule has 124 valence electrons. The molecule has 1 N–H and O–H groups in total. The van der Waals surface area contributed by atoms with Crippen molar-refractivity contribution in [2.45, 2.75) is 19.9 Å². The van der Waals surface area contributed by atoms with Gasteiger partial charge in [-0.1, -0.05) is 0 Å². The lowest BCUT2D eigenvalue weighted by atomic mass is 10.3. The van der Waals surface area contributed by atoms with Crippen LogP contribution in [-0.4, -0.2) is 38.6 Å². The van der Waals surface area contributed by atoms with Crippen molar-refractivity contribution in [1.29, 1.82) is 0 Å². The molecule has 0 unspecified atom stereocenters. The fraction of sp³-hybridized carbons (Fsp3) is 0.235. The molecule has 2 aromatic heterocycles. The maximum Gasteiger partial charge on any atom is 0.275 e. The predicted octanol–water partition coefficient (Wildman–Crippen LogP) is 2.63. The topological polar surface area (TPSA) is 75.4 Å². The van der Waals surface area contributed by atoms with E-state index in [2.05, 4.69) is 4.98 Å². The van der Waals surface area contributed by atoms with Crippen LogP contribution >= 0.6 is 11.3 Å². The Morgan fingerprint density at radius 2 is 1.96 bits per heavy atom. The lowest BCUT2D eigenvalue weighted by Crippen LogP contribution is -2.32. The van der Waals surface area contributed by atoms with Gasteiger partial charge in [-0.15, -0.1) is 11.3 Å². The van der Waals surface area contributed by atoms with Crippen LogP contribution < -0.4 is 5.56 Å². The largest absolute Gasteiger partial charge is 0.508 e. The van der Waals surface area contributed by atoms with Gasteiger partial charge in [-0.25, -0.2) is 4.98 Å². The number of benzene rings is 1. The Bertz CT molecular complexity index is 957. The van der Waals surface area contributed by atoms with Gasteiger partial charge in [-0.05, 0) is 44.2 Å². The molecule has 0 fully saturated rings. The van der Waals surface area contributed by atoms with Gasteiger partial charge >= 0.3 is 0 Å². The third-order valence-corrected chi connectivity index (χ3v) is 4.97. The Morgan fingerprint density at radius 1 is 1.29 bits per heavy atom. The number of aromatic hydroxyl groups is 1. The minimum Gasteiger partial charge on any atom is -0.508 e. The molecular formula is C17H17N3O3S. The number of phenolic OH excluding ortho intramolecular Hbond substituents is 1. The second-order valence-corrected chi connectivity index (χ2v) is 6.82. The summed E-state index contributed by atoms with van der Waals surface area (Å²) in [5, 5.41) is 9.36. The highest BCUT2D eigenvalue weighted by Crippen LogP contribution is 2.23. The molecule has 3 rings (SSSR count). The first-order chi connectivity index (χ1) is 11.4. The van der Waals surface area contributed by atoms with Crippen LogP contribution in [0.15, 0.2) is 41.5 Å². The van der Waals surface area contributed by atoms with Gasteiger partial charge in [0.05, 0.1) is 16.1 Å². The lowest BCUT2D eigenvalue weighted by Gasteiger charge is -2.20. The molecule has 0 atom stereocenters. The summed E-state index contributed by atoms with van der Waals surface area (Å²) in [4.78, 5) is 31.5. The number of hydrogen-bond donors (Lipinski definition) is 1. The summed E-state index contributed by atoms with van der Waals surface area (Å²) in [7, 11) is 1.74. The van der Waals surface area contributed by atoms with Gasteiger partial charge in [0.1, 0.15) is 16.8 Å². The number of nitrogens with zero attached hydrogens (tertiary/aromatic N) is 3. The SMILES string of the molecule is CC(C)N(C)C(=O)c1cc2ncn(-c3ccc(O)cc3)c(=O)c2s1. The number of fused-ring (bicyclic) bond motifs is 1. The standard InChI is InChI=1S/C17H17N3O3S/c1-10(2)19(3)16(22)14-8-13-15(24-14)17(23)20(9-18-13)11-4-6-12(21)7-5-11/h4-10,21H,1-3H3. The minimum atomic E-state index is -0.234. The van der Waals surface area contributed by atoms with E-state index in [0.29, 0.717) is 20.8 Å². The second-order valence-electron chi connectivity index (χ2n) is 5.77. The Balaban J connectivity index is 2.08. The zero-order valence-corrected chi connectivity index (χ0v) is 14.4. The maximum absolute atomic E-state index is 12.7. The molecule has 3 aromatic rings. The van der Waals surface area contributed by atoms with Crippen molar-refractivity contribution in [3.8, 4) is 11.4 Å². The van der Waals surface area contributed by atoms with Crippen molar-refractivity contribution < 1.29 is 9.90 Å². The van der Waals surface area contributed by atoms with E-state index in [1.54, 1.807) is 30.1 Å². The molecular weight excluding hydrogens is 326 g/mol. The van der Waals surface area contributed by atoms with Gasteiger partial charge in [0.25, 0.3) is 11.5 Å². The fourth-order valence-electron chi connectivity index (χ4n) is 2.22. The summed E-state index contributed by atoms with van der Waals surface area (Å²) in [6.07, 6.45) is 1.43. The zero-order valence-electron chi connectivity index (χ0n) is 13.6. The molecule has 7 heteroatoms. The molecule has 0 aliphatic carbocycles. The summed E-state index contributed by atoms with van der Waals surface area (Å²) >= 11 is 1.15. The number of thiophene rings is 1. The number of aromatic nitrogens is 2. The van der Waals surface area contributed by atoms with Gasteiger partial charge in [0.2, 0.25) is 0 Å². The number of hydrogen-bond acceptors (Lipinski definition) is 5. The Labute approximate surface area is 142 Å². The molecule has 2 heterocycles. The van der Waals surface area contributed by atoms with E-state index in [-0.39, 0.29) is 23.3 Å². The van der Waals surface area contributed by atoms with Gasteiger partial charge in [0.15, 0.2) is 0 Å². The maximum atomic E-state index is 12.7. The van der Waals surface area contributed by atoms with E-state index in [9.17, 15) is 14.7 Å². The number of phenols is 1. The molecule has 0 aliphatic heterocycles. The summed E-state index contributed by atoms with van der Waals surface area (Å²) in [5.41, 5.74) is 0.884. The van der Waals surface area contributed by atoms with Gasteiger partial charge < -0.3 is 10.0 Å². The van der Waals surface area contributed by atoms with Gasteiger partial charge in [-0.3, -0.25) is 14.2 Å². The minimum absolute atomic E-state index is 0.0734. The van der Waals surface area contributed by atoms with Crippen LogP contribution in [0.1, 0.15) is 23.5 Å². The lowest BCUT2D eigenvalue weighted by molar-refractivity contribution is 0.0760. The Morgan fingerprint density at radius 3 is 2.58 bits per heavy atom. The first-order valence-corrected chi connectivity index (χ1v) is 8.28. The molecule has 0 saturated carbocycles. The van der Waals surface area contributed by atoms with Crippen LogP contribution in [0.4, 0.5) is 0 Å². The van der Waals surface area contributed by atoms with Crippen molar-refractivity contribution in [2.24, 2.45) is 0 Å². The number of amides is 1. The van der Waals surface area contributed by atoms with Crippen LogP contribution in [0.3, 0.4) is 0 Å². The summed E-state index contributed by atoms with van der Waals surface area (Å²) in [5.74, 6) is 0.00477. The molecule has 1 amide bonds. The number of carbonyl (C=O) groups is 1. The van der Waals surface area contributed by atoms with E-state index in [1.165, 1.54) is 23.0 Å². The molecule has 0 aliphatic rings. The van der Waals surface area contributed by atoms with Crippen molar-refractivity contribution in [2.75, 3.05) is 7.05 Å². The van der Waals surface area contributed by atoms with Gasteiger partial charge in [-0.2, -0.15) is 0 Å². The highest BCUT2D eigenvalue weighted by atomic mass is 32.1. The highest BCUT2D eigenvalue weighted by molar-refractivity contribution is 7.20. The first kappa shape index (κ1) is 16.2. The van der Waals surface area contributed by atoms with E-state index >= 15 is 0 Å². The third kappa shape index (κ3) is 2.78. The summed E-state index contributed by atoms with van der Waals surface area (Å²) < 4.78 is 1.84. The second kappa shape index (κ2) is 6.09. The molecule has 0 bridgehead atoms. The average molecular weight is 343 g/mol. The van der Waals surface area contributed by atoms with Crippen molar-refractivity contribution in [1.82, 2.24) is 14.5 Å². The summed E-state index contributed by atoms with van der Waals surface area (Å²) in [6.45, 7) is 3.86. The zero-order chi connectivity index (χ0) is 17.4. The van der Waals surface area contributed by atoms with Crippen molar-refractivity contribution in [3.05, 3.63) is 51.9 Å². The molecule has 0 saturated heterocycles. The van der Waals surface area contributed by atoms with Crippen molar-refractivity contribution in [3.63, 3.8) is 0 Å². The Kier molecular flexibility index (Phi) is 4.11. The molecule has 6 nitrogen and oxygen atoms in total. The quantitative estimate of drug-likeness (QED) is 0.793. The van der Waals surface area contributed by atoms with Crippen molar-refractivity contribution >= 4 is 27.5 Å². The summed E-state index contributed by atoms with van der Waals surface area (Å²) in [6, 6.07) is 8.01. The Hall–Kier alpha value is -2.67. The van der Waals surface area contributed by atoms with Crippen LogP contribution in [0.5, 0.6) is 5.75 Å². The third-order valence-electron chi connectivity index (χ3n) is 3.87. The van der Waals surface area contributed by atoms with Crippen LogP contribution in [0.2, 0.25) is 0 Å². The van der Waals surface area contributed by atoms with Gasteiger partial charge in [0, 0.05) is 13.1 Å². The molecule has 24 heavy (non-hydrogen) atoms. The number of carbonyl (C=O) groups excluding carboxylic acids is 1. The normalized spacial score (nSPS) is 11.2. The van der Waals surface area contributed by atoms with E-state index in [4.69, 9.17) is 0 Å². The first-order valence-electron chi connectivity index (χ1n) is 7.46. The highest BCUT2D eigenvalue weighted by Gasteiger charge is 2.19.